The fourth-order valence-corrected chi connectivity index (χ4v) is 1.67. The SMILES string of the molecule is CC(OC(=O)c1cc2c(cc1[N+](=O)[O-])OCCO2)C(N)=O. The molecule has 0 aliphatic carbocycles. The second-order valence-electron chi connectivity index (χ2n) is 4.22. The Kier molecular flexibility index (Phi) is 3.92. The first-order valence-electron chi connectivity index (χ1n) is 5.98. The summed E-state index contributed by atoms with van der Waals surface area (Å²) in [6.07, 6.45) is -1.20. The summed E-state index contributed by atoms with van der Waals surface area (Å²) in [7, 11) is 0. The molecule has 0 saturated heterocycles. The third-order valence-electron chi connectivity index (χ3n) is 2.76. The van der Waals surface area contributed by atoms with Crippen molar-refractivity contribution in [2.24, 2.45) is 5.73 Å². The first-order valence-corrected chi connectivity index (χ1v) is 5.98. The number of nitrogens with two attached hydrogens (primary N) is 1. The van der Waals surface area contributed by atoms with Gasteiger partial charge >= 0.3 is 5.97 Å². The number of hydrogen-bond acceptors (Lipinski definition) is 7. The first-order chi connectivity index (χ1) is 9.90. The molecule has 1 aromatic rings. The Morgan fingerprint density at radius 1 is 1.33 bits per heavy atom. The molecule has 1 amide bonds. The first kappa shape index (κ1) is 14.6. The van der Waals surface area contributed by atoms with E-state index in [4.69, 9.17) is 19.9 Å². The van der Waals surface area contributed by atoms with Gasteiger partial charge in [0.05, 0.1) is 11.0 Å². The van der Waals surface area contributed by atoms with Crippen molar-refractivity contribution in [3.8, 4) is 11.5 Å². The van der Waals surface area contributed by atoms with Crippen molar-refractivity contribution in [2.45, 2.75) is 13.0 Å². The van der Waals surface area contributed by atoms with Crippen LogP contribution in [0.5, 0.6) is 11.5 Å². The lowest BCUT2D eigenvalue weighted by atomic mass is 10.1. The summed E-state index contributed by atoms with van der Waals surface area (Å²) in [5.74, 6) is -1.52. The standard InChI is InChI=1S/C12H12N2O7/c1-6(11(13)15)21-12(16)7-4-9-10(20-3-2-19-9)5-8(7)14(17)18/h4-6H,2-3H2,1H3,(H2,13,15). The molecule has 0 saturated carbocycles. The van der Waals surface area contributed by atoms with Gasteiger partial charge in [0.25, 0.3) is 11.6 Å². The second-order valence-corrected chi connectivity index (χ2v) is 4.22. The van der Waals surface area contributed by atoms with Gasteiger partial charge in [-0.2, -0.15) is 0 Å². The van der Waals surface area contributed by atoms with Crippen LogP contribution in [0, 0.1) is 10.1 Å². The summed E-state index contributed by atoms with van der Waals surface area (Å²) in [5.41, 5.74) is 4.14. The average Bonchev–Trinajstić information content (AvgIpc) is 2.45. The summed E-state index contributed by atoms with van der Waals surface area (Å²) in [5, 5.41) is 11.0. The molecule has 0 spiro atoms. The van der Waals surface area contributed by atoms with E-state index in [-0.39, 0.29) is 30.3 Å². The van der Waals surface area contributed by atoms with Crippen LogP contribution in [-0.4, -0.2) is 36.1 Å². The van der Waals surface area contributed by atoms with Gasteiger partial charge in [0.2, 0.25) is 0 Å². The van der Waals surface area contributed by atoms with Crippen LogP contribution in [0.2, 0.25) is 0 Å². The van der Waals surface area contributed by atoms with Gasteiger partial charge < -0.3 is 19.9 Å². The summed E-state index contributed by atoms with van der Waals surface area (Å²) in [4.78, 5) is 33.1. The minimum Gasteiger partial charge on any atom is -0.486 e. The van der Waals surface area contributed by atoms with Crippen LogP contribution in [0.4, 0.5) is 5.69 Å². The van der Waals surface area contributed by atoms with Crippen molar-refractivity contribution >= 4 is 17.6 Å². The molecule has 0 bridgehead atoms. The second kappa shape index (κ2) is 5.65. The normalized spacial score (nSPS) is 14.1. The van der Waals surface area contributed by atoms with Crippen molar-refractivity contribution in [2.75, 3.05) is 13.2 Å². The van der Waals surface area contributed by atoms with E-state index in [0.717, 1.165) is 12.1 Å². The van der Waals surface area contributed by atoms with Crippen LogP contribution in [0.1, 0.15) is 17.3 Å². The highest BCUT2D eigenvalue weighted by Crippen LogP contribution is 2.36. The minimum atomic E-state index is -1.20. The molecule has 1 heterocycles. The monoisotopic (exact) mass is 296 g/mol. The van der Waals surface area contributed by atoms with E-state index in [1.165, 1.54) is 6.92 Å². The Morgan fingerprint density at radius 3 is 2.43 bits per heavy atom. The van der Waals surface area contributed by atoms with Crippen LogP contribution in [0.25, 0.3) is 0 Å². The Morgan fingerprint density at radius 2 is 1.90 bits per heavy atom. The van der Waals surface area contributed by atoms with Gasteiger partial charge in [-0.15, -0.1) is 0 Å². The molecule has 1 unspecified atom stereocenters. The lowest BCUT2D eigenvalue weighted by Gasteiger charge is -2.19. The zero-order chi connectivity index (χ0) is 15.6. The van der Waals surface area contributed by atoms with E-state index in [9.17, 15) is 19.7 Å². The molecule has 0 radical (unpaired) electrons. The van der Waals surface area contributed by atoms with Crippen LogP contribution < -0.4 is 15.2 Å². The molecule has 2 rings (SSSR count). The Balaban J connectivity index is 2.39. The number of rotatable bonds is 4. The van der Waals surface area contributed by atoms with Gasteiger partial charge in [0.15, 0.2) is 17.6 Å². The van der Waals surface area contributed by atoms with Crippen molar-refractivity contribution in [1.82, 2.24) is 0 Å². The Labute approximate surface area is 118 Å². The lowest BCUT2D eigenvalue weighted by molar-refractivity contribution is -0.385. The maximum absolute atomic E-state index is 11.9. The van der Waals surface area contributed by atoms with Crippen LogP contribution in [0.15, 0.2) is 12.1 Å². The number of benzene rings is 1. The van der Waals surface area contributed by atoms with Gasteiger partial charge in [-0.1, -0.05) is 0 Å². The van der Waals surface area contributed by atoms with E-state index in [2.05, 4.69) is 0 Å². The number of ether oxygens (including phenoxy) is 3. The summed E-state index contributed by atoms with van der Waals surface area (Å²) < 4.78 is 15.2. The van der Waals surface area contributed by atoms with Crippen molar-refractivity contribution in [1.29, 1.82) is 0 Å². The molecule has 9 nitrogen and oxygen atoms in total. The lowest BCUT2D eigenvalue weighted by Crippen LogP contribution is -2.30. The summed E-state index contributed by atoms with van der Waals surface area (Å²) in [6.45, 7) is 1.79. The number of primary amides is 1. The zero-order valence-corrected chi connectivity index (χ0v) is 11.0. The van der Waals surface area contributed by atoms with E-state index >= 15 is 0 Å². The van der Waals surface area contributed by atoms with Gasteiger partial charge in [0.1, 0.15) is 18.8 Å². The molecule has 21 heavy (non-hydrogen) atoms. The maximum atomic E-state index is 11.9. The third-order valence-corrected chi connectivity index (χ3v) is 2.76. The molecule has 0 aromatic heterocycles. The molecule has 1 aromatic carbocycles. The fourth-order valence-electron chi connectivity index (χ4n) is 1.67. The van der Waals surface area contributed by atoms with Gasteiger partial charge in [-0.05, 0) is 6.92 Å². The molecule has 112 valence electrons. The topological polar surface area (TPSA) is 131 Å². The fraction of sp³-hybridized carbons (Fsp3) is 0.333. The molecule has 1 atom stereocenters. The number of carbonyl (C=O) groups excluding carboxylic acids is 2. The maximum Gasteiger partial charge on any atom is 0.346 e. The van der Waals surface area contributed by atoms with Crippen LogP contribution >= 0.6 is 0 Å². The Bertz CT molecular complexity index is 614. The quantitative estimate of drug-likeness (QED) is 0.483. The zero-order valence-electron chi connectivity index (χ0n) is 11.0. The molecule has 1 aliphatic rings. The average molecular weight is 296 g/mol. The molecular weight excluding hydrogens is 284 g/mol. The molecular formula is C12H12N2O7. The molecule has 0 fully saturated rings. The minimum absolute atomic E-state index is 0.174. The van der Waals surface area contributed by atoms with E-state index < -0.39 is 28.6 Å². The number of hydrogen-bond donors (Lipinski definition) is 1. The smallest absolute Gasteiger partial charge is 0.346 e. The summed E-state index contributed by atoms with van der Waals surface area (Å²) in [6, 6.07) is 2.24. The van der Waals surface area contributed by atoms with E-state index in [0.29, 0.717) is 0 Å². The highest BCUT2D eigenvalue weighted by Gasteiger charge is 2.28. The number of nitro benzene ring substituents is 1. The van der Waals surface area contributed by atoms with Crippen molar-refractivity contribution < 1.29 is 28.7 Å². The van der Waals surface area contributed by atoms with Crippen LogP contribution in [0.3, 0.4) is 0 Å². The number of nitro groups is 1. The van der Waals surface area contributed by atoms with Crippen LogP contribution in [-0.2, 0) is 9.53 Å². The van der Waals surface area contributed by atoms with Gasteiger partial charge in [-0.3, -0.25) is 14.9 Å². The Hall–Kier alpha value is -2.84. The highest BCUT2D eigenvalue weighted by molar-refractivity contribution is 5.96. The predicted octanol–water partition coefficient (Wildman–Crippen LogP) is 0.397. The molecule has 1 aliphatic heterocycles. The number of esters is 1. The molecule has 2 N–H and O–H groups in total. The number of nitrogens with zero attached hydrogens (tertiary/aromatic N) is 1. The van der Waals surface area contributed by atoms with Crippen molar-refractivity contribution in [3.05, 3.63) is 27.8 Å². The largest absolute Gasteiger partial charge is 0.486 e. The highest BCUT2D eigenvalue weighted by atomic mass is 16.6. The predicted molar refractivity (Wildman–Crippen MR) is 68.2 cm³/mol. The van der Waals surface area contributed by atoms with Gasteiger partial charge in [0, 0.05) is 6.07 Å². The van der Waals surface area contributed by atoms with Gasteiger partial charge in [-0.25, -0.2) is 4.79 Å². The summed E-state index contributed by atoms with van der Waals surface area (Å²) >= 11 is 0. The number of amides is 1. The number of fused-ring (bicyclic) bond motifs is 1. The van der Waals surface area contributed by atoms with E-state index in [1.54, 1.807) is 0 Å². The third kappa shape index (κ3) is 3.02. The van der Waals surface area contributed by atoms with Crippen molar-refractivity contribution in [3.63, 3.8) is 0 Å². The number of carbonyl (C=O) groups is 2. The molecule has 9 heteroatoms. The van der Waals surface area contributed by atoms with E-state index in [1.807, 2.05) is 0 Å².